The van der Waals surface area contributed by atoms with Gasteiger partial charge < -0.3 is 15.2 Å². The van der Waals surface area contributed by atoms with Crippen molar-refractivity contribution in [3.05, 3.63) is 20.4 Å². The van der Waals surface area contributed by atoms with Gasteiger partial charge in [0, 0.05) is 0 Å². The molecule has 0 saturated heterocycles. The Morgan fingerprint density at radius 1 is 1.29 bits per heavy atom. The zero-order valence-electron chi connectivity index (χ0n) is 10.5. The van der Waals surface area contributed by atoms with E-state index < -0.39 is 16.4 Å². The van der Waals surface area contributed by atoms with Crippen molar-refractivity contribution in [2.75, 3.05) is 18.5 Å². The minimum absolute atomic E-state index is 0.102. The van der Waals surface area contributed by atoms with Gasteiger partial charge in [0.2, 0.25) is 0 Å². The average molecular weight is 241 g/mol. The van der Waals surface area contributed by atoms with Crippen LogP contribution >= 0.6 is 0 Å². The molecule has 17 heavy (non-hydrogen) atoms. The highest BCUT2D eigenvalue weighted by atomic mass is 16.5. The third kappa shape index (κ3) is 3.06. The van der Waals surface area contributed by atoms with Crippen molar-refractivity contribution in [1.82, 2.24) is 0 Å². The minimum Gasteiger partial charge on any atom is -0.487 e. The second-order valence-electron chi connectivity index (χ2n) is 4.73. The van der Waals surface area contributed by atoms with Crippen LogP contribution in [0.2, 0.25) is 0 Å². The van der Waals surface area contributed by atoms with Crippen LogP contribution in [0.15, 0.2) is 9.59 Å². The van der Waals surface area contributed by atoms with Crippen LogP contribution in [0.25, 0.3) is 0 Å². The molecule has 96 valence electrons. The fourth-order valence-corrected chi connectivity index (χ4v) is 1.32. The fourth-order valence-electron chi connectivity index (χ4n) is 1.32. The van der Waals surface area contributed by atoms with E-state index in [0.29, 0.717) is 6.61 Å². The number of ether oxygens (including phenoxy) is 1. The first kappa shape index (κ1) is 13.7. The smallest absolute Gasteiger partial charge is 0.272 e. The van der Waals surface area contributed by atoms with Crippen LogP contribution in [0.5, 0.6) is 5.75 Å². The maximum Gasteiger partial charge on any atom is 0.272 e. The van der Waals surface area contributed by atoms with E-state index in [1.807, 2.05) is 6.92 Å². The fraction of sp³-hybridized carbons (Fsp3) is 0.667. The van der Waals surface area contributed by atoms with Crippen molar-refractivity contribution in [3.8, 4) is 5.75 Å². The third-order valence-corrected chi connectivity index (χ3v) is 2.47. The molecule has 2 N–H and O–H groups in total. The first-order valence-corrected chi connectivity index (χ1v) is 5.78. The number of nitrogens with one attached hydrogen (secondary N) is 1. The summed E-state index contributed by atoms with van der Waals surface area (Å²) in [5.41, 5.74) is -1.62. The van der Waals surface area contributed by atoms with Crippen LogP contribution in [0, 0.1) is 0 Å². The van der Waals surface area contributed by atoms with Crippen LogP contribution in [-0.2, 0) is 0 Å². The topological polar surface area (TPSA) is 75.6 Å². The quantitative estimate of drug-likeness (QED) is 0.541. The second kappa shape index (κ2) is 5.31. The normalized spacial score (nSPS) is 11.8. The molecule has 0 aromatic heterocycles. The van der Waals surface area contributed by atoms with Crippen molar-refractivity contribution in [1.29, 1.82) is 0 Å². The van der Waals surface area contributed by atoms with Crippen molar-refractivity contribution >= 4 is 5.69 Å². The second-order valence-corrected chi connectivity index (χ2v) is 4.73. The molecule has 0 atom stereocenters. The molecule has 1 aromatic carbocycles. The lowest BCUT2D eigenvalue weighted by Gasteiger charge is -2.26. The Hall–Kier alpha value is -1.36. The predicted octanol–water partition coefficient (Wildman–Crippen LogP) is 0.644. The van der Waals surface area contributed by atoms with Crippen molar-refractivity contribution < 1.29 is 9.84 Å². The molecule has 0 aliphatic rings. The molecule has 1 rings (SSSR count). The molecule has 0 unspecified atom stereocenters. The van der Waals surface area contributed by atoms with Gasteiger partial charge in [-0.3, -0.25) is 9.59 Å². The average Bonchev–Trinajstić information content (AvgIpc) is 2.32. The van der Waals surface area contributed by atoms with Crippen LogP contribution < -0.4 is 20.9 Å². The highest BCUT2D eigenvalue weighted by Crippen LogP contribution is 2.21. The molecule has 0 heterocycles. The summed E-state index contributed by atoms with van der Waals surface area (Å²) in [6.07, 6.45) is 1.79. The van der Waals surface area contributed by atoms with Gasteiger partial charge in [0.05, 0.1) is 18.8 Å². The number of anilines is 1. The molecule has 1 aromatic rings. The summed E-state index contributed by atoms with van der Waals surface area (Å²) in [7, 11) is 0. The van der Waals surface area contributed by atoms with Gasteiger partial charge in [0.1, 0.15) is 5.69 Å². The van der Waals surface area contributed by atoms with E-state index in [-0.39, 0.29) is 18.0 Å². The number of hydrogen-bond donors (Lipinski definition) is 2. The summed E-state index contributed by atoms with van der Waals surface area (Å²) < 4.78 is 5.27. The van der Waals surface area contributed by atoms with E-state index in [9.17, 15) is 9.59 Å². The van der Waals surface area contributed by atoms with Crippen LogP contribution in [0.3, 0.4) is 0 Å². The molecule has 0 spiro atoms. The van der Waals surface area contributed by atoms with Crippen molar-refractivity contribution in [2.45, 2.75) is 39.2 Å². The van der Waals surface area contributed by atoms with E-state index in [2.05, 4.69) is 5.32 Å². The number of aliphatic hydroxyl groups is 1. The molecule has 0 aliphatic heterocycles. The van der Waals surface area contributed by atoms with Crippen LogP contribution in [0.4, 0.5) is 5.69 Å². The molecule has 0 aliphatic carbocycles. The van der Waals surface area contributed by atoms with Gasteiger partial charge in [-0.25, -0.2) is 0 Å². The van der Waals surface area contributed by atoms with Gasteiger partial charge in [0.25, 0.3) is 10.9 Å². The summed E-state index contributed by atoms with van der Waals surface area (Å²) >= 11 is 0. The zero-order chi connectivity index (χ0) is 13.1. The number of unbranched alkanes of at least 4 members (excludes halogenated alkanes) is 1. The number of hydrogen-bond acceptors (Lipinski definition) is 5. The first-order chi connectivity index (χ1) is 7.93. The Balaban J connectivity index is 2.76. The number of rotatable bonds is 7. The van der Waals surface area contributed by atoms with E-state index in [0.717, 1.165) is 12.8 Å². The van der Waals surface area contributed by atoms with Crippen LogP contribution in [0.1, 0.15) is 33.6 Å². The van der Waals surface area contributed by atoms with Gasteiger partial charge in [-0.1, -0.05) is 13.3 Å². The summed E-state index contributed by atoms with van der Waals surface area (Å²) in [6, 6.07) is 0. The predicted molar refractivity (Wildman–Crippen MR) is 66.5 cm³/mol. The molecular formula is C12H19NO4. The summed E-state index contributed by atoms with van der Waals surface area (Å²) in [5, 5.41) is 11.9. The van der Waals surface area contributed by atoms with E-state index in [1.165, 1.54) is 0 Å². The highest BCUT2D eigenvalue weighted by molar-refractivity contribution is 5.62. The van der Waals surface area contributed by atoms with Crippen LogP contribution in [-0.4, -0.2) is 23.9 Å². The molecule has 0 radical (unpaired) electrons. The standard InChI is InChI=1S/C12H19NO4/c1-4-5-6-17-11-8(9(15)10(11)16)13-12(2,3)7-14/h13-14H,4-7H2,1-3H3. The van der Waals surface area contributed by atoms with Gasteiger partial charge in [-0.05, 0) is 20.3 Å². The maximum absolute atomic E-state index is 11.4. The maximum atomic E-state index is 11.4. The Morgan fingerprint density at radius 2 is 1.94 bits per heavy atom. The largest absolute Gasteiger partial charge is 0.487 e. The van der Waals surface area contributed by atoms with Gasteiger partial charge in [-0.15, -0.1) is 0 Å². The lowest BCUT2D eigenvalue weighted by atomic mass is 10.1. The first-order valence-electron chi connectivity index (χ1n) is 5.78. The molecule has 0 amide bonds. The SMILES string of the molecule is CCCCOc1c(NC(C)(C)CO)c(=O)c1=O. The molecule has 5 heteroatoms. The van der Waals surface area contributed by atoms with Crippen molar-refractivity contribution in [3.63, 3.8) is 0 Å². The molecular weight excluding hydrogens is 222 g/mol. The van der Waals surface area contributed by atoms with Gasteiger partial charge in [0.15, 0.2) is 5.75 Å². The molecule has 0 saturated carbocycles. The lowest BCUT2D eigenvalue weighted by Crippen LogP contribution is -2.43. The Labute approximate surface area is 100 Å². The Morgan fingerprint density at radius 3 is 2.47 bits per heavy atom. The summed E-state index contributed by atoms with van der Waals surface area (Å²) in [5.74, 6) is 0.102. The summed E-state index contributed by atoms with van der Waals surface area (Å²) in [6.45, 7) is 5.77. The Kier molecular flexibility index (Phi) is 4.28. The van der Waals surface area contributed by atoms with E-state index >= 15 is 0 Å². The monoisotopic (exact) mass is 241 g/mol. The van der Waals surface area contributed by atoms with Gasteiger partial charge in [-0.2, -0.15) is 0 Å². The van der Waals surface area contributed by atoms with Crippen molar-refractivity contribution in [2.24, 2.45) is 0 Å². The highest BCUT2D eigenvalue weighted by Gasteiger charge is 2.27. The lowest BCUT2D eigenvalue weighted by molar-refractivity contribution is 0.233. The zero-order valence-corrected chi connectivity index (χ0v) is 10.5. The molecule has 0 bridgehead atoms. The minimum atomic E-state index is -0.648. The van der Waals surface area contributed by atoms with Gasteiger partial charge >= 0.3 is 0 Å². The molecule has 0 fully saturated rings. The Bertz CT molecular complexity index is 443. The molecule has 5 nitrogen and oxygen atoms in total. The number of aliphatic hydroxyl groups excluding tert-OH is 1. The third-order valence-electron chi connectivity index (χ3n) is 2.47. The van der Waals surface area contributed by atoms with E-state index in [1.54, 1.807) is 13.8 Å². The van der Waals surface area contributed by atoms with E-state index in [4.69, 9.17) is 9.84 Å². The summed E-state index contributed by atoms with van der Waals surface area (Å²) in [4.78, 5) is 22.7.